The van der Waals surface area contributed by atoms with Crippen LogP contribution in [0.2, 0.25) is 0 Å². The van der Waals surface area contributed by atoms with E-state index in [9.17, 15) is 19.2 Å². The van der Waals surface area contributed by atoms with E-state index in [4.69, 9.17) is 20.4 Å². The minimum atomic E-state index is -0.670. The van der Waals surface area contributed by atoms with Gasteiger partial charge in [-0.05, 0) is 38.5 Å². The lowest BCUT2D eigenvalue weighted by Gasteiger charge is -1.95. The van der Waals surface area contributed by atoms with Gasteiger partial charge in [0.05, 0.1) is 0 Å². The topological polar surface area (TPSA) is 149 Å². The zero-order valence-electron chi connectivity index (χ0n) is 32.4. The molecule has 0 heterocycles. The molecule has 0 fully saturated rings. The van der Waals surface area contributed by atoms with Crippen LogP contribution in [0.5, 0.6) is 0 Å². The zero-order valence-corrected chi connectivity index (χ0v) is 32.4. The Morgan fingerprint density at radius 2 is 0.520 bits per heavy atom. The molecule has 0 saturated heterocycles. The average Bonchev–Trinajstić information content (AvgIpc) is 3.86. The molecule has 0 atom stereocenters. The Kier molecular flexibility index (Phi) is 53.9. The Labute approximate surface area is 306 Å². The highest BCUT2D eigenvalue weighted by Gasteiger charge is 1.97. The molecule has 0 aromatic rings. The summed E-state index contributed by atoms with van der Waals surface area (Å²) >= 11 is 0. The molecule has 50 heavy (non-hydrogen) atoms. The molecular weight excluding hydrogens is 632 g/mol. The van der Waals surface area contributed by atoms with E-state index in [1.54, 1.807) is 0 Å². The minimum absolute atomic E-state index is 0.337. The molecule has 0 aromatic carbocycles. The van der Waals surface area contributed by atoms with Crippen LogP contribution in [0, 0.1) is 0 Å². The largest absolute Gasteiger partial charge is 0.481 e. The summed E-state index contributed by atoms with van der Waals surface area (Å²) in [6, 6.07) is 0. The van der Waals surface area contributed by atoms with E-state index in [1.807, 2.05) is 0 Å². The maximum atomic E-state index is 10.0. The van der Waals surface area contributed by atoms with Gasteiger partial charge in [-0.1, -0.05) is 179 Å². The fourth-order valence-corrected chi connectivity index (χ4v) is 4.30. The Morgan fingerprint density at radius 1 is 0.340 bits per heavy atom. The summed E-state index contributed by atoms with van der Waals surface area (Å²) in [7, 11) is 0. The number of carbonyl (C=O) groups is 4. The fraction of sp³-hybridized carbons (Fsp3) is 0.714. The molecule has 2 rings (SSSR count). The van der Waals surface area contributed by atoms with Gasteiger partial charge < -0.3 is 20.4 Å². The van der Waals surface area contributed by atoms with Crippen molar-refractivity contribution in [2.24, 2.45) is 0 Å². The predicted octanol–water partition coefficient (Wildman–Crippen LogP) is 12.7. The van der Waals surface area contributed by atoms with Gasteiger partial charge in [0.25, 0.3) is 0 Å². The number of rotatable bonds is 24. The quantitative estimate of drug-likeness (QED) is 0.0724. The highest BCUT2D eigenvalue weighted by atomic mass is 16.4. The lowest BCUT2D eigenvalue weighted by Crippen LogP contribution is -1.93. The van der Waals surface area contributed by atoms with Crippen molar-refractivity contribution < 1.29 is 39.6 Å². The molecule has 0 bridgehead atoms. The normalized spacial score (nSPS) is 11.3. The second-order valence-electron chi connectivity index (χ2n) is 12.4. The standard InChI is InChI=1S/4C8H16O2.2C5H6/c4*1-2-3-4-5-6-7-8(9)10;2*1-2-4-5-3-1/h4*2-7H2,1H3,(H,9,10);2*1-4H,5H2. The molecule has 0 radical (unpaired) electrons. The summed E-state index contributed by atoms with van der Waals surface area (Å²) in [5.41, 5.74) is 0. The van der Waals surface area contributed by atoms with Crippen LogP contribution >= 0.6 is 0 Å². The summed E-state index contributed by atoms with van der Waals surface area (Å²) in [5, 5.41) is 33.1. The van der Waals surface area contributed by atoms with Crippen LogP contribution < -0.4 is 0 Å². The van der Waals surface area contributed by atoms with Crippen molar-refractivity contribution in [3.63, 3.8) is 0 Å². The molecule has 0 saturated carbocycles. The van der Waals surface area contributed by atoms with Crippen molar-refractivity contribution in [2.45, 2.75) is 195 Å². The first-order valence-corrected chi connectivity index (χ1v) is 19.6. The summed E-state index contributed by atoms with van der Waals surface area (Å²) in [6.07, 6.45) is 42.5. The molecule has 0 amide bonds. The van der Waals surface area contributed by atoms with Gasteiger partial charge in [0, 0.05) is 25.7 Å². The zero-order chi connectivity index (χ0) is 38.4. The third kappa shape index (κ3) is 71.0. The van der Waals surface area contributed by atoms with Crippen LogP contribution in [-0.4, -0.2) is 44.3 Å². The molecule has 8 nitrogen and oxygen atoms in total. The number of carboxylic acids is 4. The van der Waals surface area contributed by atoms with Gasteiger partial charge in [-0.2, -0.15) is 0 Å². The summed E-state index contributed by atoms with van der Waals surface area (Å²) in [6.45, 7) is 8.60. The van der Waals surface area contributed by atoms with E-state index >= 15 is 0 Å². The lowest BCUT2D eigenvalue weighted by atomic mass is 10.1. The molecule has 292 valence electrons. The first kappa shape index (κ1) is 53.6. The Morgan fingerprint density at radius 3 is 0.640 bits per heavy atom. The second-order valence-corrected chi connectivity index (χ2v) is 12.4. The van der Waals surface area contributed by atoms with Gasteiger partial charge in [-0.15, -0.1) is 0 Å². The van der Waals surface area contributed by atoms with E-state index < -0.39 is 23.9 Å². The minimum Gasteiger partial charge on any atom is -0.481 e. The first-order chi connectivity index (χ1) is 24.1. The summed E-state index contributed by atoms with van der Waals surface area (Å²) < 4.78 is 0. The van der Waals surface area contributed by atoms with Crippen molar-refractivity contribution in [3.8, 4) is 0 Å². The smallest absolute Gasteiger partial charge is 0.303 e. The van der Waals surface area contributed by atoms with E-state index in [0.717, 1.165) is 64.2 Å². The molecule has 0 spiro atoms. The van der Waals surface area contributed by atoms with Crippen molar-refractivity contribution in [3.05, 3.63) is 48.6 Å². The van der Waals surface area contributed by atoms with Crippen molar-refractivity contribution >= 4 is 23.9 Å². The van der Waals surface area contributed by atoms with Crippen LogP contribution in [0.1, 0.15) is 195 Å². The number of allylic oxidation sites excluding steroid dienone is 8. The van der Waals surface area contributed by atoms with E-state index in [2.05, 4.69) is 76.3 Å². The molecular formula is C42H76O8. The maximum Gasteiger partial charge on any atom is 0.303 e. The van der Waals surface area contributed by atoms with Gasteiger partial charge in [0.2, 0.25) is 0 Å². The number of hydrogen-bond acceptors (Lipinski definition) is 4. The van der Waals surface area contributed by atoms with E-state index in [1.165, 1.54) is 77.0 Å². The lowest BCUT2D eigenvalue weighted by molar-refractivity contribution is -0.138. The Hall–Kier alpha value is -3.16. The Bertz CT molecular complexity index is 720. The number of aliphatic carboxylic acids is 4. The first-order valence-electron chi connectivity index (χ1n) is 19.6. The number of hydrogen-bond donors (Lipinski definition) is 4. The summed E-state index contributed by atoms with van der Waals surface area (Å²) in [4.78, 5) is 40.1. The van der Waals surface area contributed by atoms with Crippen LogP contribution in [0.25, 0.3) is 0 Å². The third-order valence-electron chi connectivity index (χ3n) is 7.29. The van der Waals surface area contributed by atoms with Gasteiger partial charge >= 0.3 is 23.9 Å². The second kappa shape index (κ2) is 50.2. The SMILES string of the molecule is C1=CCC=C1.C1=CCC=C1.CCCCCCCC(=O)O.CCCCCCCC(=O)O.CCCCCCCC(=O)O.CCCCCCCC(=O)O. The molecule has 8 heteroatoms. The van der Waals surface area contributed by atoms with Crippen LogP contribution in [0.3, 0.4) is 0 Å². The number of unbranched alkanes of at least 4 members (excludes halogenated alkanes) is 16. The Balaban J connectivity index is -0.000000258. The molecule has 0 aromatic heterocycles. The van der Waals surface area contributed by atoms with Gasteiger partial charge in [0.15, 0.2) is 0 Å². The van der Waals surface area contributed by atoms with Gasteiger partial charge in [0.1, 0.15) is 0 Å². The van der Waals surface area contributed by atoms with Crippen molar-refractivity contribution in [2.75, 3.05) is 0 Å². The monoisotopic (exact) mass is 709 g/mol. The third-order valence-corrected chi connectivity index (χ3v) is 7.29. The highest BCUT2D eigenvalue weighted by Crippen LogP contribution is 2.06. The predicted molar refractivity (Wildman–Crippen MR) is 210 cm³/mol. The average molecular weight is 709 g/mol. The van der Waals surface area contributed by atoms with Crippen LogP contribution in [0.15, 0.2) is 48.6 Å². The van der Waals surface area contributed by atoms with E-state index in [-0.39, 0.29) is 0 Å². The van der Waals surface area contributed by atoms with E-state index in [0.29, 0.717) is 25.7 Å². The molecule has 0 aliphatic heterocycles. The highest BCUT2D eigenvalue weighted by molar-refractivity contribution is 5.67. The van der Waals surface area contributed by atoms with Crippen LogP contribution in [0.4, 0.5) is 0 Å². The number of carboxylic acid groups (broad SMARTS) is 4. The molecule has 2 aliphatic rings. The van der Waals surface area contributed by atoms with Crippen LogP contribution in [-0.2, 0) is 19.2 Å². The maximum absolute atomic E-state index is 10.0. The van der Waals surface area contributed by atoms with Gasteiger partial charge in [-0.25, -0.2) is 0 Å². The van der Waals surface area contributed by atoms with Crippen molar-refractivity contribution in [1.82, 2.24) is 0 Å². The molecule has 2 aliphatic carbocycles. The van der Waals surface area contributed by atoms with Crippen molar-refractivity contribution in [1.29, 1.82) is 0 Å². The summed E-state index contributed by atoms with van der Waals surface area (Å²) in [5.74, 6) is -2.68. The fourth-order valence-electron chi connectivity index (χ4n) is 4.30. The van der Waals surface area contributed by atoms with Gasteiger partial charge in [-0.3, -0.25) is 19.2 Å². The molecule has 0 unspecified atom stereocenters. The molecule has 4 N–H and O–H groups in total.